The van der Waals surface area contributed by atoms with Gasteiger partial charge in [-0.25, -0.2) is 4.98 Å². The van der Waals surface area contributed by atoms with Gasteiger partial charge in [0, 0.05) is 45.9 Å². The molecule has 0 atom stereocenters. The fourth-order valence-electron chi connectivity index (χ4n) is 9.75. The maximum atomic E-state index is 7.14. The molecular formula is C63H64N4O. The Bertz CT molecular complexity index is 3320. The predicted molar refractivity (Wildman–Crippen MR) is 287 cm³/mol. The van der Waals surface area contributed by atoms with Crippen LogP contribution in [0.3, 0.4) is 0 Å². The molecule has 1 aliphatic heterocycles. The summed E-state index contributed by atoms with van der Waals surface area (Å²) in [7, 11) is 0. The molecule has 10 rings (SSSR count). The van der Waals surface area contributed by atoms with Crippen molar-refractivity contribution in [2.24, 2.45) is 0 Å². The molecule has 0 radical (unpaired) electrons. The summed E-state index contributed by atoms with van der Waals surface area (Å²) >= 11 is 0. The lowest BCUT2D eigenvalue weighted by molar-refractivity contribution is 0.480. The van der Waals surface area contributed by atoms with Crippen LogP contribution >= 0.6 is 0 Å². The van der Waals surface area contributed by atoms with Crippen molar-refractivity contribution >= 4 is 44.6 Å². The van der Waals surface area contributed by atoms with Crippen LogP contribution < -0.4 is 14.5 Å². The van der Waals surface area contributed by atoms with Gasteiger partial charge in [-0.1, -0.05) is 167 Å². The average Bonchev–Trinajstić information content (AvgIpc) is 3.87. The summed E-state index contributed by atoms with van der Waals surface area (Å²) in [5, 5.41) is 2.34. The van der Waals surface area contributed by atoms with E-state index < -0.39 is 0 Å². The average molecular weight is 893 g/mol. The molecule has 0 saturated carbocycles. The molecule has 5 nitrogen and oxygen atoms in total. The normalized spacial score (nSPS) is 13.4. The monoisotopic (exact) mass is 893 g/mol. The van der Waals surface area contributed by atoms with Gasteiger partial charge in [-0.05, 0) is 122 Å². The Kier molecular flexibility index (Phi) is 10.9. The molecule has 0 fully saturated rings. The Hall–Kier alpha value is -7.11. The SMILES string of the molecule is CC(C)(C)c1cc(-c2ccccc2)cc(N2CN(c3cc(Oc4ccc5c6ccccc6n(-c6cc(C(C)(C)C)ccn6)c5c4)cc(C(C)(C)c4ccccc4)c3)c3cc(C(C)(C)C)ccc32)c1. The highest BCUT2D eigenvalue weighted by molar-refractivity contribution is 6.09. The highest BCUT2D eigenvalue weighted by Crippen LogP contribution is 2.49. The third-order valence-corrected chi connectivity index (χ3v) is 14.1. The molecule has 3 heterocycles. The quantitative estimate of drug-likeness (QED) is 0.152. The lowest BCUT2D eigenvalue weighted by Crippen LogP contribution is -2.25. The third-order valence-electron chi connectivity index (χ3n) is 14.1. The Labute approximate surface area is 403 Å². The summed E-state index contributed by atoms with van der Waals surface area (Å²) in [6.07, 6.45) is 1.93. The van der Waals surface area contributed by atoms with E-state index in [2.05, 4.69) is 260 Å². The number of pyridine rings is 1. The maximum absolute atomic E-state index is 7.14. The molecule has 1 aliphatic rings. The van der Waals surface area contributed by atoms with Crippen molar-refractivity contribution in [3.8, 4) is 28.4 Å². The Morgan fingerprint density at radius 2 is 1.03 bits per heavy atom. The van der Waals surface area contributed by atoms with Crippen LogP contribution in [0.5, 0.6) is 11.5 Å². The van der Waals surface area contributed by atoms with Crippen LogP contribution in [-0.4, -0.2) is 16.2 Å². The van der Waals surface area contributed by atoms with Gasteiger partial charge >= 0.3 is 0 Å². The van der Waals surface area contributed by atoms with E-state index in [1.165, 1.54) is 61.4 Å². The lowest BCUT2D eigenvalue weighted by atomic mass is 9.78. The first-order chi connectivity index (χ1) is 32.3. The van der Waals surface area contributed by atoms with Crippen molar-refractivity contribution in [1.29, 1.82) is 0 Å². The largest absolute Gasteiger partial charge is 0.457 e. The Balaban J connectivity index is 1.13. The summed E-state index contributed by atoms with van der Waals surface area (Å²) in [6.45, 7) is 25.8. The number of rotatable bonds is 8. The predicted octanol–water partition coefficient (Wildman–Crippen LogP) is 17.1. The van der Waals surface area contributed by atoms with Gasteiger partial charge < -0.3 is 14.5 Å². The zero-order valence-corrected chi connectivity index (χ0v) is 41.6. The van der Waals surface area contributed by atoms with Crippen LogP contribution in [0.25, 0.3) is 38.8 Å². The summed E-state index contributed by atoms with van der Waals surface area (Å²) < 4.78 is 9.43. The second kappa shape index (κ2) is 16.6. The van der Waals surface area contributed by atoms with Gasteiger partial charge in [-0.2, -0.15) is 0 Å². The van der Waals surface area contributed by atoms with Crippen molar-refractivity contribution in [2.75, 3.05) is 16.5 Å². The number of fused-ring (bicyclic) bond motifs is 4. The molecule has 0 bridgehead atoms. The first kappa shape index (κ1) is 44.7. The highest BCUT2D eigenvalue weighted by Gasteiger charge is 2.33. The molecule has 68 heavy (non-hydrogen) atoms. The number of benzene rings is 7. The van der Waals surface area contributed by atoms with E-state index in [1.807, 2.05) is 6.20 Å². The zero-order valence-electron chi connectivity index (χ0n) is 41.6. The molecule has 0 aliphatic carbocycles. The Morgan fingerprint density at radius 1 is 0.412 bits per heavy atom. The smallest absolute Gasteiger partial charge is 0.137 e. The minimum Gasteiger partial charge on any atom is -0.457 e. The number of ether oxygens (including phenoxy) is 1. The van der Waals surface area contributed by atoms with E-state index in [9.17, 15) is 0 Å². The number of aromatic nitrogens is 2. The number of hydrogen-bond acceptors (Lipinski definition) is 4. The van der Waals surface area contributed by atoms with E-state index >= 15 is 0 Å². The van der Waals surface area contributed by atoms with Crippen LogP contribution in [0.15, 0.2) is 176 Å². The minimum absolute atomic E-state index is 0.0241. The van der Waals surface area contributed by atoms with Gasteiger partial charge in [0.15, 0.2) is 0 Å². The van der Waals surface area contributed by atoms with Crippen LogP contribution in [0.2, 0.25) is 0 Å². The van der Waals surface area contributed by atoms with Crippen molar-refractivity contribution in [2.45, 2.75) is 97.8 Å². The third kappa shape index (κ3) is 8.33. The second-order valence-electron chi connectivity index (χ2n) is 22.3. The molecule has 2 aromatic heterocycles. The molecule has 0 amide bonds. The van der Waals surface area contributed by atoms with E-state index in [0.717, 1.165) is 39.4 Å². The molecule has 7 aromatic carbocycles. The number of nitrogens with zero attached hydrogens (tertiary/aromatic N) is 4. The van der Waals surface area contributed by atoms with Crippen molar-refractivity contribution in [3.05, 3.63) is 204 Å². The molecule has 0 saturated heterocycles. The standard InChI is InChI=1S/C63H64N4O/c1-60(2,3)45-26-29-56-58(37-45)66(41-65(56)49-33-43(42-20-14-12-15-21-42)32-47(34-49)62(7,8)9)50-35-48(63(10,11)44-22-16-13-17-23-44)36-52(39-50)68-51-27-28-54-53-24-18-19-25-55(53)67(57(54)40-51)59-38-46(30-31-64-59)61(4,5)6/h12-40H,41H2,1-11H3. The number of anilines is 4. The molecule has 5 heteroatoms. The molecular weight excluding hydrogens is 829 g/mol. The minimum atomic E-state index is -0.337. The van der Waals surface area contributed by atoms with Gasteiger partial charge in [0.2, 0.25) is 0 Å². The molecule has 0 spiro atoms. The van der Waals surface area contributed by atoms with Crippen LogP contribution in [0, 0.1) is 0 Å². The van der Waals surface area contributed by atoms with E-state index in [1.54, 1.807) is 0 Å². The van der Waals surface area contributed by atoms with Gasteiger partial charge in [0.1, 0.15) is 24.0 Å². The summed E-state index contributed by atoms with van der Waals surface area (Å²) in [4.78, 5) is 9.93. The molecule has 0 N–H and O–H groups in total. The second-order valence-corrected chi connectivity index (χ2v) is 22.3. The first-order valence-electron chi connectivity index (χ1n) is 24.1. The molecule has 9 aromatic rings. The summed E-state index contributed by atoms with van der Waals surface area (Å²) in [5.41, 5.74) is 15.0. The van der Waals surface area contributed by atoms with Gasteiger partial charge in [0.05, 0.1) is 22.4 Å². The lowest BCUT2D eigenvalue weighted by Gasteiger charge is -2.30. The molecule has 0 unspecified atom stereocenters. The Morgan fingerprint density at radius 3 is 1.75 bits per heavy atom. The van der Waals surface area contributed by atoms with Gasteiger partial charge in [-0.15, -0.1) is 0 Å². The van der Waals surface area contributed by atoms with Gasteiger partial charge in [-0.3, -0.25) is 4.57 Å². The van der Waals surface area contributed by atoms with E-state index in [4.69, 9.17) is 9.72 Å². The van der Waals surface area contributed by atoms with Crippen molar-refractivity contribution in [1.82, 2.24) is 9.55 Å². The van der Waals surface area contributed by atoms with Crippen LogP contribution in [0.1, 0.15) is 104 Å². The molecule has 342 valence electrons. The fourth-order valence-corrected chi connectivity index (χ4v) is 9.75. The van der Waals surface area contributed by atoms with Crippen molar-refractivity contribution in [3.63, 3.8) is 0 Å². The fraction of sp³-hybridized carbons (Fsp3) is 0.254. The summed E-state index contributed by atoms with van der Waals surface area (Å²) in [5.74, 6) is 2.44. The zero-order chi connectivity index (χ0) is 47.8. The highest BCUT2D eigenvalue weighted by atomic mass is 16.5. The number of hydrogen-bond donors (Lipinski definition) is 0. The van der Waals surface area contributed by atoms with Gasteiger partial charge in [0.25, 0.3) is 0 Å². The van der Waals surface area contributed by atoms with E-state index in [0.29, 0.717) is 6.67 Å². The number of para-hydroxylation sites is 1. The first-order valence-corrected chi connectivity index (χ1v) is 24.1. The van der Waals surface area contributed by atoms with E-state index in [-0.39, 0.29) is 21.7 Å². The van der Waals surface area contributed by atoms with Crippen LogP contribution in [-0.2, 0) is 21.7 Å². The van der Waals surface area contributed by atoms with Crippen molar-refractivity contribution < 1.29 is 4.74 Å². The summed E-state index contributed by atoms with van der Waals surface area (Å²) in [6, 6.07) is 62.1. The topological polar surface area (TPSA) is 33.5 Å². The van der Waals surface area contributed by atoms with Crippen LogP contribution in [0.4, 0.5) is 22.7 Å². The maximum Gasteiger partial charge on any atom is 0.137 e.